The van der Waals surface area contributed by atoms with Crippen molar-refractivity contribution in [1.29, 1.82) is 0 Å². The molecule has 0 fully saturated rings. The second kappa shape index (κ2) is 8.27. The molecule has 1 aromatic heterocycles. The lowest BCUT2D eigenvalue weighted by Gasteiger charge is -2.18. The predicted octanol–water partition coefficient (Wildman–Crippen LogP) is 2.34. The van der Waals surface area contributed by atoms with E-state index in [-0.39, 0.29) is 17.5 Å². The smallest absolute Gasteiger partial charge is 0.150 e. The van der Waals surface area contributed by atoms with Crippen molar-refractivity contribution in [1.82, 2.24) is 10.3 Å². The first-order valence-corrected chi connectivity index (χ1v) is 8.75. The van der Waals surface area contributed by atoms with Crippen LogP contribution in [0.1, 0.15) is 44.7 Å². The number of nitrogens with zero attached hydrogens (tertiary/aromatic N) is 1. The van der Waals surface area contributed by atoms with Crippen LogP contribution in [0.3, 0.4) is 0 Å². The van der Waals surface area contributed by atoms with Gasteiger partial charge in [0, 0.05) is 24.2 Å². The fourth-order valence-corrected chi connectivity index (χ4v) is 2.83. The second-order valence-corrected chi connectivity index (χ2v) is 7.14. The van der Waals surface area contributed by atoms with Crippen LogP contribution in [-0.2, 0) is 9.84 Å². The summed E-state index contributed by atoms with van der Waals surface area (Å²) in [5.41, 5.74) is 1.13. The van der Waals surface area contributed by atoms with Gasteiger partial charge >= 0.3 is 0 Å². The average Bonchev–Trinajstić information content (AvgIpc) is 2.43. The van der Waals surface area contributed by atoms with E-state index in [0.29, 0.717) is 6.42 Å². The fraction of sp³-hybridized carbons (Fsp3) is 0.643. The van der Waals surface area contributed by atoms with Gasteiger partial charge in [0.1, 0.15) is 9.84 Å². The highest BCUT2D eigenvalue weighted by atomic mass is 32.2. The third-order valence-corrected chi connectivity index (χ3v) is 4.91. The van der Waals surface area contributed by atoms with E-state index in [1.165, 1.54) is 0 Å². The average molecular weight is 284 g/mol. The molecule has 1 rings (SSSR count). The molecule has 19 heavy (non-hydrogen) atoms. The Bertz CT molecular complexity index is 446. The lowest BCUT2D eigenvalue weighted by Crippen LogP contribution is -2.23. The molecular formula is C14H24N2O2S. The monoisotopic (exact) mass is 284 g/mol. The van der Waals surface area contributed by atoms with Crippen LogP contribution >= 0.6 is 0 Å². The van der Waals surface area contributed by atoms with Crippen LogP contribution in [0.4, 0.5) is 0 Å². The molecule has 1 unspecified atom stereocenters. The highest BCUT2D eigenvalue weighted by Gasteiger charge is 2.13. The fourth-order valence-electron chi connectivity index (χ4n) is 1.94. The van der Waals surface area contributed by atoms with Crippen molar-refractivity contribution in [2.75, 3.05) is 18.1 Å². The third-order valence-electron chi connectivity index (χ3n) is 3.12. The molecule has 0 amide bonds. The zero-order valence-electron chi connectivity index (χ0n) is 11.8. The molecule has 0 spiro atoms. The molecule has 1 aromatic rings. The largest absolute Gasteiger partial charge is 0.310 e. The molecule has 108 valence electrons. The predicted molar refractivity (Wildman–Crippen MR) is 78.8 cm³/mol. The Labute approximate surface area is 116 Å². The highest BCUT2D eigenvalue weighted by Crippen LogP contribution is 2.18. The Morgan fingerprint density at radius 1 is 1.37 bits per heavy atom. The van der Waals surface area contributed by atoms with Gasteiger partial charge in [-0.15, -0.1) is 0 Å². The summed E-state index contributed by atoms with van der Waals surface area (Å²) in [5, 5.41) is 3.46. The van der Waals surface area contributed by atoms with Crippen LogP contribution in [0.15, 0.2) is 24.5 Å². The second-order valence-electron chi connectivity index (χ2n) is 4.67. The van der Waals surface area contributed by atoms with Gasteiger partial charge in [-0.2, -0.15) is 0 Å². The maximum absolute atomic E-state index is 11.5. The molecule has 1 atom stereocenters. The number of nitrogens with one attached hydrogen (secondary N) is 1. The summed E-state index contributed by atoms with van der Waals surface area (Å²) in [6.07, 6.45) is 6.17. The van der Waals surface area contributed by atoms with E-state index in [2.05, 4.69) is 17.2 Å². The molecule has 4 nitrogen and oxygen atoms in total. The standard InChI is InChI=1S/C14H24N2O2S/c1-3-9-16-14(13-7-5-10-15-12-13)8-6-11-19(17,18)4-2/h5,7,10,12,14,16H,3-4,6,8-9,11H2,1-2H3. The summed E-state index contributed by atoms with van der Waals surface area (Å²) in [6.45, 7) is 4.75. The molecule has 0 radical (unpaired) electrons. The van der Waals surface area contributed by atoms with Gasteiger partial charge in [-0.1, -0.05) is 19.9 Å². The molecule has 0 aromatic carbocycles. The van der Waals surface area contributed by atoms with E-state index in [0.717, 1.165) is 24.9 Å². The van der Waals surface area contributed by atoms with Gasteiger partial charge in [-0.05, 0) is 37.4 Å². The van der Waals surface area contributed by atoms with Gasteiger partial charge in [0.05, 0.1) is 5.75 Å². The normalized spacial score (nSPS) is 13.4. The van der Waals surface area contributed by atoms with Crippen LogP contribution in [-0.4, -0.2) is 31.5 Å². The summed E-state index contributed by atoms with van der Waals surface area (Å²) in [7, 11) is -2.86. The van der Waals surface area contributed by atoms with Gasteiger partial charge in [-0.25, -0.2) is 8.42 Å². The van der Waals surface area contributed by atoms with E-state index in [9.17, 15) is 8.42 Å². The first-order valence-electron chi connectivity index (χ1n) is 6.92. The summed E-state index contributed by atoms with van der Waals surface area (Å²) in [5.74, 6) is 0.501. The SMILES string of the molecule is CCCNC(CCCS(=O)(=O)CC)c1cccnc1. The first kappa shape index (κ1) is 16.1. The Balaban J connectivity index is 2.56. The molecule has 0 aliphatic carbocycles. The number of hydrogen-bond acceptors (Lipinski definition) is 4. The van der Waals surface area contributed by atoms with E-state index in [1.807, 2.05) is 18.3 Å². The zero-order valence-corrected chi connectivity index (χ0v) is 12.6. The quantitative estimate of drug-likeness (QED) is 0.756. The third kappa shape index (κ3) is 6.16. The molecule has 1 N–H and O–H groups in total. The molecular weight excluding hydrogens is 260 g/mol. The number of hydrogen-bond donors (Lipinski definition) is 1. The Morgan fingerprint density at radius 2 is 2.16 bits per heavy atom. The topological polar surface area (TPSA) is 59.1 Å². The molecule has 1 heterocycles. The first-order chi connectivity index (χ1) is 9.09. The van der Waals surface area contributed by atoms with E-state index >= 15 is 0 Å². The van der Waals surface area contributed by atoms with Crippen molar-refractivity contribution in [3.63, 3.8) is 0 Å². The Kier molecular flexibility index (Phi) is 7.02. The van der Waals surface area contributed by atoms with E-state index in [4.69, 9.17) is 0 Å². The van der Waals surface area contributed by atoms with Gasteiger partial charge in [0.2, 0.25) is 0 Å². The van der Waals surface area contributed by atoms with Crippen molar-refractivity contribution >= 4 is 9.84 Å². The Morgan fingerprint density at radius 3 is 2.74 bits per heavy atom. The number of sulfone groups is 1. The highest BCUT2D eigenvalue weighted by molar-refractivity contribution is 7.91. The van der Waals surface area contributed by atoms with Gasteiger partial charge in [0.25, 0.3) is 0 Å². The van der Waals surface area contributed by atoms with Crippen molar-refractivity contribution in [2.24, 2.45) is 0 Å². The van der Waals surface area contributed by atoms with Crippen molar-refractivity contribution in [3.8, 4) is 0 Å². The van der Waals surface area contributed by atoms with Gasteiger partial charge in [0.15, 0.2) is 0 Å². The van der Waals surface area contributed by atoms with Crippen molar-refractivity contribution < 1.29 is 8.42 Å². The van der Waals surface area contributed by atoms with Gasteiger partial charge in [-0.3, -0.25) is 4.98 Å². The van der Waals surface area contributed by atoms with Crippen LogP contribution in [0.2, 0.25) is 0 Å². The van der Waals surface area contributed by atoms with Crippen LogP contribution < -0.4 is 5.32 Å². The lowest BCUT2D eigenvalue weighted by molar-refractivity contribution is 0.491. The number of aromatic nitrogens is 1. The van der Waals surface area contributed by atoms with Crippen molar-refractivity contribution in [3.05, 3.63) is 30.1 Å². The van der Waals surface area contributed by atoms with Crippen molar-refractivity contribution in [2.45, 2.75) is 39.2 Å². The van der Waals surface area contributed by atoms with Crippen LogP contribution in [0.5, 0.6) is 0 Å². The molecule has 0 saturated carbocycles. The van der Waals surface area contributed by atoms with E-state index in [1.54, 1.807) is 13.1 Å². The molecule has 0 saturated heterocycles. The van der Waals surface area contributed by atoms with Gasteiger partial charge < -0.3 is 5.32 Å². The van der Waals surface area contributed by atoms with Crippen LogP contribution in [0, 0.1) is 0 Å². The molecule has 0 aliphatic heterocycles. The maximum Gasteiger partial charge on any atom is 0.150 e. The zero-order chi connectivity index (χ0) is 14.1. The molecule has 5 heteroatoms. The van der Waals surface area contributed by atoms with E-state index < -0.39 is 9.84 Å². The van der Waals surface area contributed by atoms with Crippen LogP contribution in [0.25, 0.3) is 0 Å². The summed E-state index contributed by atoms with van der Waals surface area (Å²) >= 11 is 0. The number of rotatable bonds is 9. The number of pyridine rings is 1. The molecule has 0 bridgehead atoms. The minimum absolute atomic E-state index is 0.195. The maximum atomic E-state index is 11.5. The summed E-state index contributed by atoms with van der Waals surface area (Å²) < 4.78 is 23.0. The molecule has 0 aliphatic rings. The summed E-state index contributed by atoms with van der Waals surface area (Å²) in [6, 6.07) is 4.15. The lowest BCUT2D eigenvalue weighted by atomic mass is 10.0. The Hall–Kier alpha value is -0.940. The minimum atomic E-state index is -2.86. The minimum Gasteiger partial charge on any atom is -0.310 e. The summed E-state index contributed by atoms with van der Waals surface area (Å²) in [4.78, 5) is 4.13.